The molecule has 1 aromatic carbocycles. The minimum atomic E-state index is -0.963. The van der Waals surface area contributed by atoms with Gasteiger partial charge in [0.2, 0.25) is 0 Å². The van der Waals surface area contributed by atoms with Gasteiger partial charge in [-0.3, -0.25) is 0 Å². The second kappa shape index (κ2) is 18.7. The van der Waals surface area contributed by atoms with E-state index in [1.165, 1.54) is 11.3 Å². The third-order valence-electron chi connectivity index (χ3n) is 8.89. The molecule has 1 unspecified atom stereocenters. The van der Waals surface area contributed by atoms with E-state index in [9.17, 15) is 14.4 Å². The van der Waals surface area contributed by atoms with Gasteiger partial charge in [-0.15, -0.1) is 11.3 Å². The van der Waals surface area contributed by atoms with Crippen molar-refractivity contribution >= 4 is 35.4 Å². The maximum atomic E-state index is 13.7. The molecule has 0 bridgehead atoms. The molecule has 2 aliphatic rings. The molecular weight excluding hydrogens is 773 g/mol. The molecule has 14 heteroatoms. The molecular formula is C45H60N4O9S. The number of rotatable bonds is 8. The van der Waals surface area contributed by atoms with E-state index in [1.54, 1.807) is 64.9 Å². The van der Waals surface area contributed by atoms with Crippen LogP contribution in [0.15, 0.2) is 42.7 Å². The summed E-state index contributed by atoms with van der Waals surface area (Å²) in [5.74, 6) is 6.70. The van der Waals surface area contributed by atoms with Crippen molar-refractivity contribution in [2.75, 3.05) is 24.6 Å². The molecule has 0 saturated carbocycles. The lowest BCUT2D eigenvalue weighted by atomic mass is 9.98. The highest BCUT2D eigenvalue weighted by molar-refractivity contribution is 7.15. The zero-order valence-corrected chi connectivity index (χ0v) is 37.2. The summed E-state index contributed by atoms with van der Waals surface area (Å²) in [5.41, 5.74) is -0.904. The Morgan fingerprint density at radius 1 is 0.847 bits per heavy atom. The number of ether oxygens (including phenoxy) is 6. The van der Waals surface area contributed by atoms with E-state index in [4.69, 9.17) is 33.4 Å². The van der Waals surface area contributed by atoms with E-state index in [2.05, 4.69) is 16.8 Å². The van der Waals surface area contributed by atoms with Crippen molar-refractivity contribution < 1.29 is 42.8 Å². The van der Waals surface area contributed by atoms with Crippen LogP contribution < -0.4 is 9.64 Å². The Morgan fingerprint density at radius 3 is 2.12 bits per heavy atom. The number of hydrogen-bond acceptors (Lipinski definition) is 12. The summed E-state index contributed by atoms with van der Waals surface area (Å²) in [7, 11) is 0. The van der Waals surface area contributed by atoms with Gasteiger partial charge in [0.1, 0.15) is 29.0 Å². The summed E-state index contributed by atoms with van der Waals surface area (Å²) >= 11 is 1.53. The van der Waals surface area contributed by atoms with Crippen molar-refractivity contribution in [2.24, 2.45) is 0 Å². The zero-order valence-electron chi connectivity index (χ0n) is 36.4. The fourth-order valence-corrected chi connectivity index (χ4v) is 7.31. The lowest BCUT2D eigenvalue weighted by Crippen LogP contribution is -2.44. The van der Waals surface area contributed by atoms with Crippen LogP contribution in [-0.4, -0.2) is 81.5 Å². The van der Waals surface area contributed by atoms with Crippen LogP contribution in [-0.2, 0) is 30.3 Å². The number of amides is 3. The molecule has 59 heavy (non-hydrogen) atoms. The average Bonchev–Trinajstić information content (AvgIpc) is 3.63. The number of nitrogens with zero attached hydrogens (tertiary/aromatic N) is 4. The van der Waals surface area contributed by atoms with Crippen LogP contribution in [0.1, 0.15) is 130 Å². The number of pyridine rings is 1. The van der Waals surface area contributed by atoms with Gasteiger partial charge < -0.3 is 33.3 Å². The zero-order chi connectivity index (χ0) is 43.2. The molecule has 13 nitrogen and oxygen atoms in total. The van der Waals surface area contributed by atoms with Gasteiger partial charge in [-0.2, -0.15) is 4.90 Å². The van der Waals surface area contributed by atoms with Gasteiger partial charge >= 0.3 is 18.3 Å². The maximum Gasteiger partial charge on any atom is 0.425 e. The molecule has 4 heterocycles. The van der Waals surface area contributed by atoms with Gasteiger partial charge in [0.25, 0.3) is 0 Å². The molecule has 2 aliphatic heterocycles. The van der Waals surface area contributed by atoms with Crippen LogP contribution in [0.3, 0.4) is 0 Å². The van der Waals surface area contributed by atoms with E-state index in [0.717, 1.165) is 58.0 Å². The third kappa shape index (κ3) is 13.9. The predicted octanol–water partition coefficient (Wildman–Crippen LogP) is 10.2. The number of hydrogen-bond donors (Lipinski definition) is 0. The first-order valence-electron chi connectivity index (χ1n) is 20.3. The lowest BCUT2D eigenvalue weighted by molar-refractivity contribution is -0.199. The summed E-state index contributed by atoms with van der Waals surface area (Å²) in [6, 6.07) is 9.36. The molecule has 0 radical (unpaired) electrons. The molecule has 2 aromatic heterocycles. The number of benzene rings is 1. The average molecular weight is 833 g/mol. The monoisotopic (exact) mass is 832 g/mol. The van der Waals surface area contributed by atoms with Crippen molar-refractivity contribution in [3.63, 3.8) is 0 Å². The molecule has 5 rings (SSSR count). The summed E-state index contributed by atoms with van der Waals surface area (Å²) in [6.07, 6.45) is 5.30. The number of imide groups is 1. The van der Waals surface area contributed by atoms with Crippen LogP contribution >= 0.6 is 11.3 Å². The quantitative estimate of drug-likeness (QED) is 0.158. The number of anilines is 1. The Hall–Kier alpha value is -4.71. The first-order chi connectivity index (χ1) is 27.5. The van der Waals surface area contributed by atoms with Crippen LogP contribution in [0.25, 0.3) is 10.4 Å². The Kier molecular flexibility index (Phi) is 14.4. The summed E-state index contributed by atoms with van der Waals surface area (Å²) in [5, 5.41) is 0.942. The molecule has 3 amide bonds. The van der Waals surface area contributed by atoms with Crippen molar-refractivity contribution in [2.45, 2.75) is 149 Å². The molecule has 1 atom stereocenters. The first-order valence-corrected chi connectivity index (χ1v) is 21.1. The van der Waals surface area contributed by atoms with E-state index in [-0.39, 0.29) is 36.5 Å². The van der Waals surface area contributed by atoms with Crippen molar-refractivity contribution in [1.29, 1.82) is 0 Å². The largest absolute Gasteiger partial charge is 0.485 e. The number of aromatic nitrogens is 2. The Morgan fingerprint density at radius 2 is 1.51 bits per heavy atom. The molecule has 0 N–H and O–H groups in total. The molecule has 0 spiro atoms. The number of carbonyl (C=O) groups excluding carboxylic acids is 3. The standard InChI is InChI=1S/C45H60N4O9S/c1-42(2,3)56-39(50)48-22-19-32(20-23-48)38-47-28-35(59-38)33-26-34(37(46-27-33)49(40(51)57-43(4,5)6)41(52)58-44(7,8)9)54-29-31-16-14-15-30(25-31)18-21-45(10,11)55-36-17-12-13-24-53-36/h14-16,25-28,32,36H,12-13,17,19-20,22-24,29H2,1-11H3. The molecule has 2 fully saturated rings. The molecule has 0 aliphatic carbocycles. The van der Waals surface area contributed by atoms with Gasteiger partial charge in [-0.25, -0.2) is 24.4 Å². The summed E-state index contributed by atoms with van der Waals surface area (Å²) in [6.45, 7) is 21.6. The highest BCUT2D eigenvalue weighted by Crippen LogP contribution is 2.39. The molecule has 2 saturated heterocycles. The van der Waals surface area contributed by atoms with Gasteiger partial charge in [-0.05, 0) is 132 Å². The van der Waals surface area contributed by atoms with Gasteiger partial charge in [0.05, 0.1) is 9.88 Å². The SMILES string of the molecule is CC(C)(C)OC(=O)N1CCC(c2ncc(-c3cnc(N(C(=O)OC(C)(C)C)C(=O)OC(C)(C)C)c(OCc4cccc(C#CC(C)(C)OC5CCCCO5)c4)c3)s2)CC1. The predicted molar refractivity (Wildman–Crippen MR) is 226 cm³/mol. The van der Waals surface area contributed by atoms with Crippen molar-refractivity contribution in [1.82, 2.24) is 14.9 Å². The lowest BCUT2D eigenvalue weighted by Gasteiger charge is -2.32. The van der Waals surface area contributed by atoms with E-state index in [1.807, 2.05) is 58.9 Å². The maximum absolute atomic E-state index is 13.7. The van der Waals surface area contributed by atoms with Crippen LogP contribution in [0.4, 0.5) is 20.2 Å². The third-order valence-corrected chi connectivity index (χ3v) is 10.1. The minimum absolute atomic E-state index is 0.0596. The fourth-order valence-electron chi connectivity index (χ4n) is 6.24. The van der Waals surface area contributed by atoms with Crippen LogP contribution in [0, 0.1) is 11.8 Å². The van der Waals surface area contributed by atoms with Crippen molar-refractivity contribution in [3.05, 3.63) is 58.9 Å². The van der Waals surface area contributed by atoms with E-state index < -0.39 is 34.6 Å². The first kappa shape index (κ1) is 45.4. The molecule has 320 valence electrons. The van der Waals surface area contributed by atoms with Crippen LogP contribution in [0.5, 0.6) is 5.75 Å². The number of thiazole rings is 1. The van der Waals surface area contributed by atoms with Gasteiger partial charge in [0.15, 0.2) is 17.9 Å². The van der Waals surface area contributed by atoms with Crippen LogP contribution in [0.2, 0.25) is 0 Å². The van der Waals surface area contributed by atoms with Gasteiger partial charge in [0, 0.05) is 49.1 Å². The van der Waals surface area contributed by atoms with E-state index in [0.29, 0.717) is 25.3 Å². The molecule has 3 aromatic rings. The smallest absolute Gasteiger partial charge is 0.425 e. The topological polar surface area (TPSA) is 139 Å². The Balaban J connectivity index is 1.42. The summed E-state index contributed by atoms with van der Waals surface area (Å²) in [4.78, 5) is 52.9. The second-order valence-electron chi connectivity index (χ2n) is 18.3. The van der Waals surface area contributed by atoms with E-state index >= 15 is 0 Å². The minimum Gasteiger partial charge on any atom is -0.485 e. The Bertz CT molecular complexity index is 1970. The summed E-state index contributed by atoms with van der Waals surface area (Å²) < 4.78 is 35.3. The second-order valence-corrected chi connectivity index (χ2v) is 19.4. The number of carbonyl (C=O) groups is 3. The van der Waals surface area contributed by atoms with Gasteiger partial charge in [-0.1, -0.05) is 24.0 Å². The highest BCUT2D eigenvalue weighted by Gasteiger charge is 2.36. The highest BCUT2D eigenvalue weighted by atomic mass is 32.1. The van der Waals surface area contributed by atoms with Crippen molar-refractivity contribution in [3.8, 4) is 28.0 Å². The normalized spacial score (nSPS) is 16.7. The Labute approximate surface area is 353 Å². The number of piperidine rings is 1. The fraction of sp³-hybridized carbons (Fsp3) is 0.578. The number of likely N-dealkylation sites (tertiary alicyclic amines) is 1.